The monoisotopic (exact) mass is 235 g/mol. The van der Waals surface area contributed by atoms with E-state index in [2.05, 4.69) is 4.98 Å². The fourth-order valence-electron chi connectivity index (χ4n) is 1.59. The van der Waals surface area contributed by atoms with E-state index in [1.165, 1.54) is 0 Å². The number of carboxylic acid groups (broad SMARTS) is 1. The summed E-state index contributed by atoms with van der Waals surface area (Å²) >= 11 is 0. The fraction of sp³-hybridized carbons (Fsp3) is 0. The number of hydrogen-bond acceptors (Lipinski definition) is 3. The number of benzene rings is 1. The van der Waals surface area contributed by atoms with Crippen molar-refractivity contribution >= 4 is 23.2 Å². The molecule has 0 unspecified atom stereocenters. The molecule has 0 aliphatic heterocycles. The normalized spacial score (nSPS) is 10.4. The quantitative estimate of drug-likeness (QED) is 0.765. The van der Waals surface area contributed by atoms with Crippen LogP contribution in [0.4, 0.5) is 4.39 Å². The van der Waals surface area contributed by atoms with E-state index in [1.807, 2.05) is 0 Å². The maximum atomic E-state index is 13.4. The Morgan fingerprint density at radius 2 is 2.12 bits per heavy atom. The van der Waals surface area contributed by atoms with Crippen molar-refractivity contribution in [3.8, 4) is 0 Å². The molecule has 0 fully saturated rings. The number of rotatable bonds is 2. The van der Waals surface area contributed by atoms with Crippen LogP contribution in [0.15, 0.2) is 23.0 Å². The summed E-state index contributed by atoms with van der Waals surface area (Å²) in [6, 6.07) is 2.87. The van der Waals surface area contributed by atoms with Crippen LogP contribution in [0.3, 0.4) is 0 Å². The summed E-state index contributed by atoms with van der Waals surface area (Å²) in [4.78, 5) is 35.4. The number of hydrogen-bond donors (Lipinski definition) is 2. The molecule has 0 radical (unpaired) electrons. The van der Waals surface area contributed by atoms with E-state index in [1.54, 1.807) is 0 Å². The van der Waals surface area contributed by atoms with Gasteiger partial charge in [0, 0.05) is 6.07 Å². The minimum atomic E-state index is -1.33. The number of aromatic carboxylic acids is 1. The van der Waals surface area contributed by atoms with Crippen molar-refractivity contribution in [2.24, 2.45) is 0 Å². The van der Waals surface area contributed by atoms with Crippen molar-refractivity contribution in [2.45, 2.75) is 0 Å². The Morgan fingerprint density at radius 3 is 2.71 bits per heavy atom. The molecule has 1 aromatic carbocycles. The first-order valence-corrected chi connectivity index (χ1v) is 4.58. The van der Waals surface area contributed by atoms with Crippen molar-refractivity contribution in [3.63, 3.8) is 0 Å². The van der Waals surface area contributed by atoms with E-state index in [-0.39, 0.29) is 22.2 Å². The lowest BCUT2D eigenvalue weighted by Gasteiger charge is -2.03. The molecule has 0 aliphatic rings. The number of halogens is 1. The minimum Gasteiger partial charge on any atom is -0.478 e. The number of pyridine rings is 1. The molecule has 0 amide bonds. The topological polar surface area (TPSA) is 87.2 Å². The number of aromatic amines is 1. The molecule has 0 atom stereocenters. The van der Waals surface area contributed by atoms with Crippen LogP contribution in [0, 0.1) is 5.82 Å². The molecular weight excluding hydrogens is 229 g/mol. The van der Waals surface area contributed by atoms with Crippen molar-refractivity contribution in [2.75, 3.05) is 0 Å². The number of aromatic nitrogens is 1. The van der Waals surface area contributed by atoms with Gasteiger partial charge < -0.3 is 10.1 Å². The van der Waals surface area contributed by atoms with Crippen LogP contribution in [-0.4, -0.2) is 22.3 Å². The Hall–Kier alpha value is -2.50. The Morgan fingerprint density at radius 1 is 1.41 bits per heavy atom. The first-order valence-electron chi connectivity index (χ1n) is 4.58. The minimum absolute atomic E-state index is 0.107. The highest BCUT2D eigenvalue weighted by molar-refractivity contribution is 6.03. The largest absolute Gasteiger partial charge is 0.478 e. The molecular formula is C11H6FNO4. The van der Waals surface area contributed by atoms with Gasteiger partial charge in [-0.25, -0.2) is 9.18 Å². The molecule has 0 aliphatic carbocycles. The van der Waals surface area contributed by atoms with Crippen molar-refractivity contribution in [1.29, 1.82) is 0 Å². The molecule has 86 valence electrons. The first kappa shape index (κ1) is 11.0. The molecule has 2 N–H and O–H groups in total. The molecule has 0 spiro atoms. The van der Waals surface area contributed by atoms with Gasteiger partial charge in [-0.05, 0) is 12.1 Å². The number of carbonyl (C=O) groups is 2. The molecule has 2 rings (SSSR count). The highest BCUT2D eigenvalue weighted by Crippen LogP contribution is 2.17. The molecule has 1 heterocycles. The molecule has 5 nitrogen and oxygen atoms in total. The summed E-state index contributed by atoms with van der Waals surface area (Å²) in [5, 5.41) is 8.60. The lowest BCUT2D eigenvalue weighted by molar-refractivity contribution is 0.0699. The van der Waals surface area contributed by atoms with Gasteiger partial charge in [0.25, 0.3) is 0 Å². The molecule has 1 aromatic heterocycles. The zero-order chi connectivity index (χ0) is 12.6. The first-order chi connectivity index (χ1) is 8.04. The van der Waals surface area contributed by atoms with Gasteiger partial charge in [0.2, 0.25) is 0 Å². The van der Waals surface area contributed by atoms with E-state index in [0.717, 1.165) is 18.2 Å². The zero-order valence-corrected chi connectivity index (χ0v) is 8.36. The van der Waals surface area contributed by atoms with E-state index >= 15 is 0 Å². The molecule has 2 aromatic rings. The van der Waals surface area contributed by atoms with Gasteiger partial charge in [0.1, 0.15) is 5.82 Å². The van der Waals surface area contributed by atoms with Crippen LogP contribution < -0.4 is 5.43 Å². The number of aldehydes is 1. The second-order valence-corrected chi connectivity index (χ2v) is 3.36. The smallest absolute Gasteiger partial charge is 0.336 e. The number of H-pyrrole nitrogens is 1. The Kier molecular flexibility index (Phi) is 2.47. The Labute approximate surface area is 93.5 Å². The predicted octanol–water partition coefficient (Wildman–Crippen LogP) is 1.18. The van der Waals surface area contributed by atoms with Gasteiger partial charge >= 0.3 is 5.97 Å². The molecule has 17 heavy (non-hydrogen) atoms. The maximum absolute atomic E-state index is 13.4. The average Bonchev–Trinajstić information content (AvgIpc) is 2.29. The fourth-order valence-corrected chi connectivity index (χ4v) is 1.59. The van der Waals surface area contributed by atoms with Crippen LogP contribution in [-0.2, 0) is 0 Å². The van der Waals surface area contributed by atoms with Gasteiger partial charge in [0.15, 0.2) is 11.7 Å². The number of carbonyl (C=O) groups excluding carboxylic acids is 1. The average molecular weight is 235 g/mol. The summed E-state index contributed by atoms with van der Waals surface area (Å²) in [7, 11) is 0. The lowest BCUT2D eigenvalue weighted by atomic mass is 10.1. The van der Waals surface area contributed by atoms with Crippen LogP contribution in [0.5, 0.6) is 0 Å². The van der Waals surface area contributed by atoms with Gasteiger partial charge in [-0.3, -0.25) is 9.59 Å². The van der Waals surface area contributed by atoms with Crippen molar-refractivity contribution < 1.29 is 19.1 Å². The van der Waals surface area contributed by atoms with Crippen LogP contribution >= 0.6 is 0 Å². The highest BCUT2D eigenvalue weighted by atomic mass is 19.1. The molecule has 0 saturated heterocycles. The van der Waals surface area contributed by atoms with Crippen molar-refractivity contribution in [3.05, 3.63) is 45.5 Å². The second-order valence-electron chi connectivity index (χ2n) is 3.36. The zero-order valence-electron chi connectivity index (χ0n) is 8.36. The third-order valence-electron chi connectivity index (χ3n) is 2.31. The summed E-state index contributed by atoms with van der Waals surface area (Å²) in [6.07, 6.45) is 0.355. The summed E-state index contributed by atoms with van der Waals surface area (Å²) in [6.45, 7) is 0. The van der Waals surface area contributed by atoms with Gasteiger partial charge in [0.05, 0.1) is 22.2 Å². The predicted molar refractivity (Wildman–Crippen MR) is 56.9 cm³/mol. The van der Waals surface area contributed by atoms with Gasteiger partial charge in [-0.1, -0.05) is 0 Å². The summed E-state index contributed by atoms with van der Waals surface area (Å²) in [5.41, 5.74) is -1.40. The third-order valence-corrected chi connectivity index (χ3v) is 2.31. The third kappa shape index (κ3) is 1.69. The van der Waals surface area contributed by atoms with Crippen molar-refractivity contribution in [1.82, 2.24) is 4.98 Å². The van der Waals surface area contributed by atoms with E-state index in [4.69, 9.17) is 5.11 Å². The molecule has 0 saturated carbocycles. The van der Waals surface area contributed by atoms with E-state index in [9.17, 15) is 18.8 Å². The highest BCUT2D eigenvalue weighted by Gasteiger charge is 2.15. The number of carboxylic acids is 1. The number of nitrogens with one attached hydrogen (secondary N) is 1. The molecule has 0 bridgehead atoms. The van der Waals surface area contributed by atoms with Gasteiger partial charge in [-0.15, -0.1) is 0 Å². The molecule has 6 heteroatoms. The van der Waals surface area contributed by atoms with Crippen LogP contribution in [0.25, 0.3) is 10.9 Å². The number of fused-ring (bicyclic) bond motifs is 1. The second kappa shape index (κ2) is 3.82. The lowest BCUT2D eigenvalue weighted by Crippen LogP contribution is -2.11. The standard InChI is InChI=1S/C11H6FNO4/c12-7-2-1-6(11(16)17)9-8(15)3-5(4-14)13-10(7)9/h1-4H,(H,13,15)(H,16,17). The maximum Gasteiger partial charge on any atom is 0.336 e. The van der Waals surface area contributed by atoms with Crippen LogP contribution in [0.2, 0.25) is 0 Å². The van der Waals surface area contributed by atoms with Crippen LogP contribution in [0.1, 0.15) is 20.8 Å². The Balaban J connectivity index is 3.02. The summed E-state index contributed by atoms with van der Waals surface area (Å²) < 4.78 is 13.4. The summed E-state index contributed by atoms with van der Waals surface area (Å²) in [5.74, 6) is -2.12. The van der Waals surface area contributed by atoms with Gasteiger partial charge in [-0.2, -0.15) is 0 Å². The Bertz CT molecular complexity index is 690. The van der Waals surface area contributed by atoms with E-state index in [0.29, 0.717) is 6.29 Å². The van der Waals surface area contributed by atoms with E-state index < -0.39 is 17.2 Å². The SMILES string of the molecule is O=Cc1cc(=O)c2c(C(=O)O)ccc(F)c2[nH]1.